The van der Waals surface area contributed by atoms with E-state index in [-0.39, 0.29) is 5.92 Å². The highest BCUT2D eigenvalue weighted by molar-refractivity contribution is 6.30. The molecular formula is C16H16Cl2O. The van der Waals surface area contributed by atoms with Gasteiger partial charge in [0.25, 0.3) is 0 Å². The highest BCUT2D eigenvalue weighted by atomic mass is 35.5. The summed E-state index contributed by atoms with van der Waals surface area (Å²) in [6.07, 6.45) is 0. The van der Waals surface area contributed by atoms with E-state index < -0.39 is 0 Å². The average molecular weight is 295 g/mol. The topological polar surface area (TPSA) is 9.23 Å². The van der Waals surface area contributed by atoms with Crippen molar-refractivity contribution in [1.82, 2.24) is 0 Å². The summed E-state index contributed by atoms with van der Waals surface area (Å²) >= 11 is 11.9. The molecule has 0 bridgehead atoms. The van der Waals surface area contributed by atoms with Crippen molar-refractivity contribution < 1.29 is 4.74 Å². The van der Waals surface area contributed by atoms with E-state index in [4.69, 9.17) is 27.9 Å². The third-order valence-corrected chi connectivity index (χ3v) is 3.58. The number of ether oxygens (including phenoxy) is 1. The van der Waals surface area contributed by atoms with Crippen LogP contribution < -0.4 is 0 Å². The zero-order chi connectivity index (χ0) is 13.5. The number of alkyl halides is 1. The van der Waals surface area contributed by atoms with Gasteiger partial charge >= 0.3 is 0 Å². The number of rotatable bonds is 6. The van der Waals surface area contributed by atoms with Crippen molar-refractivity contribution >= 4 is 23.2 Å². The first-order valence-electron chi connectivity index (χ1n) is 6.22. The smallest absolute Gasteiger partial charge is 0.0717 e. The van der Waals surface area contributed by atoms with E-state index in [9.17, 15) is 0 Å². The molecule has 1 nitrogen and oxygen atoms in total. The van der Waals surface area contributed by atoms with Gasteiger partial charge in [0.05, 0.1) is 13.2 Å². The summed E-state index contributed by atoms with van der Waals surface area (Å²) in [5.41, 5.74) is 2.33. The maximum atomic E-state index is 6.01. The maximum absolute atomic E-state index is 6.01. The van der Waals surface area contributed by atoms with E-state index >= 15 is 0 Å². The monoisotopic (exact) mass is 294 g/mol. The van der Waals surface area contributed by atoms with Gasteiger partial charge < -0.3 is 4.74 Å². The van der Waals surface area contributed by atoms with Crippen molar-refractivity contribution in [3.8, 4) is 0 Å². The largest absolute Gasteiger partial charge is 0.376 e. The Morgan fingerprint density at radius 2 is 1.63 bits per heavy atom. The van der Waals surface area contributed by atoms with Crippen molar-refractivity contribution in [2.75, 3.05) is 12.5 Å². The molecule has 19 heavy (non-hydrogen) atoms. The fourth-order valence-corrected chi connectivity index (χ4v) is 2.25. The molecule has 1 unspecified atom stereocenters. The molecule has 0 radical (unpaired) electrons. The molecule has 0 saturated carbocycles. The SMILES string of the molecule is ClCC(COCc1ccccc1)c1ccc(Cl)cc1. The van der Waals surface area contributed by atoms with Crippen LogP contribution in [0, 0.1) is 0 Å². The molecule has 0 aliphatic carbocycles. The Labute approximate surface area is 124 Å². The zero-order valence-corrected chi connectivity index (χ0v) is 12.1. The molecule has 0 aromatic heterocycles. The van der Waals surface area contributed by atoms with Crippen LogP contribution in [0.15, 0.2) is 54.6 Å². The van der Waals surface area contributed by atoms with Crippen LogP contribution in [0.1, 0.15) is 17.0 Å². The summed E-state index contributed by atoms with van der Waals surface area (Å²) in [6, 6.07) is 17.9. The molecule has 0 aliphatic rings. The number of halogens is 2. The summed E-state index contributed by atoms with van der Waals surface area (Å²) < 4.78 is 5.74. The molecule has 2 aromatic rings. The van der Waals surface area contributed by atoms with Crippen LogP contribution in [-0.4, -0.2) is 12.5 Å². The van der Waals surface area contributed by atoms with Crippen LogP contribution in [0.5, 0.6) is 0 Å². The van der Waals surface area contributed by atoms with Crippen LogP contribution in [-0.2, 0) is 11.3 Å². The van der Waals surface area contributed by atoms with E-state index in [1.807, 2.05) is 42.5 Å². The molecule has 0 heterocycles. The molecule has 0 fully saturated rings. The van der Waals surface area contributed by atoms with E-state index in [0.717, 1.165) is 10.6 Å². The molecule has 0 aliphatic heterocycles. The van der Waals surface area contributed by atoms with Gasteiger partial charge in [0.1, 0.15) is 0 Å². The first-order valence-corrected chi connectivity index (χ1v) is 7.14. The Balaban J connectivity index is 1.87. The molecule has 2 aromatic carbocycles. The van der Waals surface area contributed by atoms with Crippen molar-refractivity contribution in [3.05, 3.63) is 70.7 Å². The summed E-state index contributed by atoms with van der Waals surface area (Å²) in [5.74, 6) is 0.735. The summed E-state index contributed by atoms with van der Waals surface area (Å²) in [6.45, 7) is 1.22. The third-order valence-electron chi connectivity index (χ3n) is 2.96. The predicted molar refractivity (Wildman–Crippen MR) is 81.0 cm³/mol. The lowest BCUT2D eigenvalue weighted by molar-refractivity contribution is 0.111. The molecular weight excluding hydrogens is 279 g/mol. The van der Waals surface area contributed by atoms with Crippen LogP contribution in [0.3, 0.4) is 0 Å². The minimum Gasteiger partial charge on any atom is -0.376 e. The van der Waals surface area contributed by atoms with Crippen molar-refractivity contribution in [2.45, 2.75) is 12.5 Å². The van der Waals surface area contributed by atoms with Crippen molar-refractivity contribution in [2.24, 2.45) is 0 Å². The Bertz CT molecular complexity index is 482. The maximum Gasteiger partial charge on any atom is 0.0717 e. The molecule has 100 valence electrons. The molecule has 0 spiro atoms. The minimum absolute atomic E-state index is 0.197. The lowest BCUT2D eigenvalue weighted by atomic mass is 10.0. The first-order chi connectivity index (χ1) is 9.29. The predicted octanol–water partition coefficient (Wildman–Crippen LogP) is 4.88. The summed E-state index contributed by atoms with van der Waals surface area (Å²) in [7, 11) is 0. The molecule has 3 heteroatoms. The molecule has 0 saturated heterocycles. The van der Waals surface area contributed by atoms with Gasteiger partial charge in [-0.3, -0.25) is 0 Å². The Hall–Kier alpha value is -1.02. The van der Waals surface area contributed by atoms with Gasteiger partial charge in [-0.05, 0) is 23.3 Å². The van der Waals surface area contributed by atoms with Gasteiger partial charge in [-0.15, -0.1) is 11.6 Å². The van der Waals surface area contributed by atoms with E-state index in [2.05, 4.69) is 12.1 Å². The fourth-order valence-electron chi connectivity index (χ4n) is 1.86. The Morgan fingerprint density at radius 3 is 2.26 bits per heavy atom. The van der Waals surface area contributed by atoms with Crippen LogP contribution in [0.2, 0.25) is 5.02 Å². The molecule has 1 atom stereocenters. The molecule has 0 N–H and O–H groups in total. The molecule has 0 amide bonds. The number of hydrogen-bond acceptors (Lipinski definition) is 1. The standard InChI is InChI=1S/C16H16Cl2O/c17-10-15(14-6-8-16(18)9-7-14)12-19-11-13-4-2-1-3-5-13/h1-9,15H,10-12H2. The van der Waals surface area contributed by atoms with Crippen molar-refractivity contribution in [1.29, 1.82) is 0 Å². The van der Waals surface area contributed by atoms with Gasteiger partial charge in [-0.2, -0.15) is 0 Å². The highest BCUT2D eigenvalue weighted by Crippen LogP contribution is 2.20. The second kappa shape index (κ2) is 7.54. The quantitative estimate of drug-likeness (QED) is 0.690. The van der Waals surface area contributed by atoms with E-state index in [0.29, 0.717) is 19.1 Å². The Morgan fingerprint density at radius 1 is 0.947 bits per heavy atom. The van der Waals surface area contributed by atoms with E-state index in [1.165, 1.54) is 5.56 Å². The number of benzene rings is 2. The van der Waals surface area contributed by atoms with Gasteiger partial charge in [0.2, 0.25) is 0 Å². The fraction of sp³-hybridized carbons (Fsp3) is 0.250. The minimum atomic E-state index is 0.197. The number of hydrogen-bond donors (Lipinski definition) is 0. The summed E-state index contributed by atoms with van der Waals surface area (Å²) in [4.78, 5) is 0. The van der Waals surface area contributed by atoms with E-state index in [1.54, 1.807) is 0 Å². The first kappa shape index (κ1) is 14.4. The average Bonchev–Trinajstić information content (AvgIpc) is 2.46. The van der Waals surface area contributed by atoms with Crippen LogP contribution >= 0.6 is 23.2 Å². The van der Waals surface area contributed by atoms with Crippen LogP contribution in [0.25, 0.3) is 0 Å². The highest BCUT2D eigenvalue weighted by Gasteiger charge is 2.10. The second-order valence-corrected chi connectivity index (χ2v) is 5.15. The van der Waals surface area contributed by atoms with Gasteiger partial charge in [0.15, 0.2) is 0 Å². The normalized spacial score (nSPS) is 12.3. The zero-order valence-electron chi connectivity index (χ0n) is 10.6. The van der Waals surface area contributed by atoms with Crippen LogP contribution in [0.4, 0.5) is 0 Å². The van der Waals surface area contributed by atoms with Gasteiger partial charge in [0, 0.05) is 16.8 Å². The lowest BCUT2D eigenvalue weighted by Gasteiger charge is -2.15. The molecule has 2 rings (SSSR count). The second-order valence-electron chi connectivity index (χ2n) is 4.40. The van der Waals surface area contributed by atoms with Gasteiger partial charge in [-0.25, -0.2) is 0 Å². The van der Waals surface area contributed by atoms with Crippen molar-refractivity contribution in [3.63, 3.8) is 0 Å². The Kier molecular flexibility index (Phi) is 5.71. The summed E-state index contributed by atoms with van der Waals surface area (Å²) in [5, 5.41) is 0.738. The lowest BCUT2D eigenvalue weighted by Crippen LogP contribution is -2.09. The van der Waals surface area contributed by atoms with Gasteiger partial charge in [-0.1, -0.05) is 54.1 Å². The third kappa shape index (κ3) is 4.54.